The van der Waals surface area contributed by atoms with Crippen LogP contribution in [-0.2, 0) is 14.8 Å². The largest absolute Gasteiger partial charge is 0.480 e. The van der Waals surface area contributed by atoms with Gasteiger partial charge in [0.2, 0.25) is 10.0 Å². The molecule has 8 heteroatoms. The van der Waals surface area contributed by atoms with Crippen LogP contribution in [0.15, 0.2) is 23.1 Å². The lowest BCUT2D eigenvalue weighted by Crippen LogP contribution is -2.37. The van der Waals surface area contributed by atoms with Crippen molar-refractivity contribution in [1.29, 1.82) is 0 Å². The van der Waals surface area contributed by atoms with Crippen molar-refractivity contribution >= 4 is 16.0 Å². The third-order valence-corrected chi connectivity index (χ3v) is 4.56. The molecule has 1 aliphatic carbocycles. The van der Waals surface area contributed by atoms with Crippen LogP contribution >= 0.6 is 0 Å². The van der Waals surface area contributed by atoms with Gasteiger partial charge in [0.15, 0.2) is 0 Å². The Morgan fingerprint density at radius 3 is 2.21 bits per heavy atom. The number of hydrogen-bond donors (Lipinski definition) is 1. The Bertz CT molecular complexity index is 593. The average molecular weight is 291 g/mol. The summed E-state index contributed by atoms with van der Waals surface area (Å²) >= 11 is 0. The number of carboxylic acid groups (broad SMARTS) is 1. The van der Waals surface area contributed by atoms with Crippen molar-refractivity contribution in [1.82, 2.24) is 4.31 Å². The van der Waals surface area contributed by atoms with E-state index in [0.717, 1.165) is 4.31 Å². The van der Waals surface area contributed by atoms with E-state index < -0.39 is 45.1 Å². The second kappa shape index (κ2) is 4.86. The molecule has 1 aliphatic rings. The molecule has 0 radical (unpaired) electrons. The van der Waals surface area contributed by atoms with Gasteiger partial charge in [-0.1, -0.05) is 0 Å². The molecule has 0 spiro atoms. The van der Waals surface area contributed by atoms with Gasteiger partial charge in [-0.15, -0.1) is 0 Å². The van der Waals surface area contributed by atoms with Crippen LogP contribution in [0.2, 0.25) is 0 Å². The molecule has 1 aromatic rings. The van der Waals surface area contributed by atoms with Gasteiger partial charge in [0.1, 0.15) is 18.2 Å². The van der Waals surface area contributed by atoms with Crippen molar-refractivity contribution in [3.8, 4) is 0 Å². The molecule has 1 fully saturated rings. The first-order valence-corrected chi connectivity index (χ1v) is 6.94. The van der Waals surface area contributed by atoms with Gasteiger partial charge in [-0.05, 0) is 25.0 Å². The standard InChI is InChI=1S/C11H11F2NO4S/c12-7-3-8(13)5-10(4-7)19(17,18)14(6-11(15)16)9-1-2-9/h3-5,9H,1-2,6H2,(H,15,16). The van der Waals surface area contributed by atoms with E-state index in [1.807, 2.05) is 0 Å². The van der Waals surface area contributed by atoms with Crippen molar-refractivity contribution in [2.45, 2.75) is 23.8 Å². The monoisotopic (exact) mass is 291 g/mol. The lowest BCUT2D eigenvalue weighted by Gasteiger charge is -2.19. The minimum atomic E-state index is -4.21. The van der Waals surface area contributed by atoms with E-state index >= 15 is 0 Å². The predicted molar refractivity (Wildman–Crippen MR) is 60.9 cm³/mol. The first-order valence-electron chi connectivity index (χ1n) is 5.50. The SMILES string of the molecule is O=C(O)CN(C1CC1)S(=O)(=O)c1cc(F)cc(F)c1. The van der Waals surface area contributed by atoms with E-state index in [0.29, 0.717) is 31.0 Å². The van der Waals surface area contributed by atoms with Gasteiger partial charge in [0, 0.05) is 12.1 Å². The Morgan fingerprint density at radius 1 is 1.26 bits per heavy atom. The van der Waals surface area contributed by atoms with Gasteiger partial charge in [-0.3, -0.25) is 4.79 Å². The van der Waals surface area contributed by atoms with Gasteiger partial charge in [-0.25, -0.2) is 17.2 Å². The first kappa shape index (κ1) is 13.9. The van der Waals surface area contributed by atoms with E-state index in [9.17, 15) is 22.0 Å². The Balaban J connectivity index is 2.41. The highest BCUT2D eigenvalue weighted by molar-refractivity contribution is 7.89. The van der Waals surface area contributed by atoms with Crippen molar-refractivity contribution in [2.24, 2.45) is 0 Å². The van der Waals surface area contributed by atoms with Gasteiger partial charge in [0.05, 0.1) is 4.90 Å². The fourth-order valence-electron chi connectivity index (χ4n) is 1.72. The molecule has 1 N–H and O–H groups in total. The van der Waals surface area contributed by atoms with Gasteiger partial charge < -0.3 is 5.11 Å². The summed E-state index contributed by atoms with van der Waals surface area (Å²) in [5.41, 5.74) is 0. The number of halogens is 2. The summed E-state index contributed by atoms with van der Waals surface area (Å²) in [6.07, 6.45) is 1.09. The second-order valence-electron chi connectivity index (χ2n) is 4.28. The Labute approximate surface area is 108 Å². The fourth-order valence-corrected chi connectivity index (χ4v) is 3.40. The molecule has 0 aromatic heterocycles. The number of rotatable bonds is 5. The number of sulfonamides is 1. The highest BCUT2D eigenvalue weighted by atomic mass is 32.2. The molecule has 104 valence electrons. The van der Waals surface area contributed by atoms with Crippen LogP contribution in [0.3, 0.4) is 0 Å². The van der Waals surface area contributed by atoms with Crippen molar-refractivity contribution < 1.29 is 27.1 Å². The molecular formula is C11H11F2NO4S. The number of carboxylic acids is 1. The zero-order valence-corrected chi connectivity index (χ0v) is 10.5. The van der Waals surface area contributed by atoms with Crippen LogP contribution in [0.5, 0.6) is 0 Å². The Hall–Kier alpha value is -1.54. The molecular weight excluding hydrogens is 280 g/mol. The van der Waals surface area contributed by atoms with Crippen molar-refractivity contribution in [3.63, 3.8) is 0 Å². The van der Waals surface area contributed by atoms with E-state index in [1.165, 1.54) is 0 Å². The van der Waals surface area contributed by atoms with Crippen LogP contribution in [0.4, 0.5) is 8.78 Å². The summed E-state index contributed by atoms with van der Waals surface area (Å²) < 4.78 is 51.3. The minimum Gasteiger partial charge on any atom is -0.480 e. The normalized spacial score (nSPS) is 15.7. The average Bonchev–Trinajstić information content (AvgIpc) is 3.07. The van der Waals surface area contributed by atoms with E-state index in [2.05, 4.69) is 0 Å². The van der Waals surface area contributed by atoms with Crippen LogP contribution in [0, 0.1) is 11.6 Å². The third-order valence-electron chi connectivity index (χ3n) is 2.69. The summed E-state index contributed by atoms with van der Waals surface area (Å²) in [4.78, 5) is 10.1. The quantitative estimate of drug-likeness (QED) is 0.884. The number of aliphatic carboxylic acids is 1. The van der Waals surface area contributed by atoms with E-state index in [-0.39, 0.29) is 0 Å². The predicted octanol–water partition coefficient (Wildman–Crippen LogP) is 1.20. The van der Waals surface area contributed by atoms with Crippen LogP contribution in [-0.4, -0.2) is 36.4 Å². The molecule has 0 amide bonds. The molecule has 0 unspecified atom stereocenters. The lowest BCUT2D eigenvalue weighted by atomic mass is 10.3. The smallest absolute Gasteiger partial charge is 0.318 e. The molecule has 0 atom stereocenters. The highest BCUT2D eigenvalue weighted by Crippen LogP contribution is 2.32. The molecule has 0 aliphatic heterocycles. The third kappa shape index (κ3) is 3.07. The maximum absolute atomic E-state index is 13.1. The molecule has 1 saturated carbocycles. The molecule has 0 heterocycles. The van der Waals surface area contributed by atoms with Crippen molar-refractivity contribution in [3.05, 3.63) is 29.8 Å². The molecule has 1 aromatic carbocycles. The van der Waals surface area contributed by atoms with Crippen molar-refractivity contribution in [2.75, 3.05) is 6.54 Å². The summed E-state index contributed by atoms with van der Waals surface area (Å²) in [6, 6.07) is 1.50. The number of carbonyl (C=O) groups is 1. The Kier molecular flexibility index (Phi) is 3.55. The van der Waals surface area contributed by atoms with Gasteiger partial charge in [-0.2, -0.15) is 4.31 Å². The van der Waals surface area contributed by atoms with Gasteiger partial charge >= 0.3 is 5.97 Å². The molecule has 0 saturated heterocycles. The molecule has 5 nitrogen and oxygen atoms in total. The summed E-state index contributed by atoms with van der Waals surface area (Å²) in [7, 11) is -4.21. The maximum atomic E-state index is 13.1. The summed E-state index contributed by atoms with van der Waals surface area (Å²) in [6.45, 7) is -0.717. The topological polar surface area (TPSA) is 74.7 Å². The van der Waals surface area contributed by atoms with Crippen LogP contribution < -0.4 is 0 Å². The molecule has 19 heavy (non-hydrogen) atoms. The number of benzene rings is 1. The Morgan fingerprint density at radius 2 is 1.79 bits per heavy atom. The summed E-state index contributed by atoms with van der Waals surface area (Å²) in [5, 5.41) is 8.73. The van der Waals surface area contributed by atoms with Gasteiger partial charge in [0.25, 0.3) is 0 Å². The van der Waals surface area contributed by atoms with E-state index in [4.69, 9.17) is 5.11 Å². The number of nitrogens with zero attached hydrogens (tertiary/aromatic N) is 1. The zero-order chi connectivity index (χ0) is 14.2. The fraction of sp³-hybridized carbons (Fsp3) is 0.364. The first-order chi connectivity index (χ1) is 8.80. The maximum Gasteiger partial charge on any atom is 0.318 e. The van der Waals surface area contributed by atoms with Crippen LogP contribution in [0.1, 0.15) is 12.8 Å². The minimum absolute atomic E-state index is 0.410. The summed E-state index contributed by atoms with van der Waals surface area (Å²) in [5.74, 6) is -3.36. The molecule has 2 rings (SSSR count). The zero-order valence-electron chi connectivity index (χ0n) is 9.71. The second-order valence-corrected chi connectivity index (χ2v) is 6.17. The van der Waals surface area contributed by atoms with E-state index in [1.54, 1.807) is 0 Å². The lowest BCUT2D eigenvalue weighted by molar-refractivity contribution is -0.137. The number of hydrogen-bond acceptors (Lipinski definition) is 3. The van der Waals surface area contributed by atoms with Crippen LogP contribution in [0.25, 0.3) is 0 Å². The highest BCUT2D eigenvalue weighted by Gasteiger charge is 2.39. The molecule has 0 bridgehead atoms.